The Hall–Kier alpha value is -2.43. The number of hydrogen-bond donors (Lipinski definition) is 2. The molecule has 5 nitrogen and oxygen atoms in total. The van der Waals surface area contributed by atoms with Gasteiger partial charge in [-0.25, -0.2) is 9.97 Å². The molecule has 5 heteroatoms. The number of hydrogen-bond acceptors (Lipinski definition) is 4. The third kappa shape index (κ3) is 2.11. The van der Waals surface area contributed by atoms with Gasteiger partial charge in [-0.05, 0) is 36.6 Å². The summed E-state index contributed by atoms with van der Waals surface area (Å²) in [5.74, 6) is 2.41. The molecule has 0 aromatic carbocycles. The zero-order valence-corrected chi connectivity index (χ0v) is 11.0. The third-order valence-corrected chi connectivity index (χ3v) is 3.58. The molecular formula is C15H15N5. The summed E-state index contributed by atoms with van der Waals surface area (Å²) < 4.78 is 0. The number of H-pyrrole nitrogens is 1. The molecule has 0 saturated heterocycles. The van der Waals surface area contributed by atoms with Crippen LogP contribution in [0.2, 0.25) is 0 Å². The van der Waals surface area contributed by atoms with Crippen molar-refractivity contribution in [2.75, 3.05) is 5.32 Å². The fourth-order valence-corrected chi connectivity index (χ4v) is 2.30. The van der Waals surface area contributed by atoms with Crippen molar-refractivity contribution in [3.8, 4) is 0 Å². The Labute approximate surface area is 116 Å². The normalized spacial score (nSPS) is 14.6. The fourth-order valence-electron chi connectivity index (χ4n) is 2.30. The third-order valence-electron chi connectivity index (χ3n) is 3.58. The van der Waals surface area contributed by atoms with Gasteiger partial charge in [0.15, 0.2) is 0 Å². The van der Waals surface area contributed by atoms with Gasteiger partial charge in [0.1, 0.15) is 17.3 Å². The van der Waals surface area contributed by atoms with E-state index in [-0.39, 0.29) is 0 Å². The average Bonchev–Trinajstić information content (AvgIpc) is 3.24. The van der Waals surface area contributed by atoms with E-state index in [9.17, 15) is 0 Å². The quantitative estimate of drug-likeness (QED) is 0.761. The van der Waals surface area contributed by atoms with Crippen LogP contribution in [-0.4, -0.2) is 19.9 Å². The highest BCUT2D eigenvalue weighted by Gasteiger charge is 2.27. The van der Waals surface area contributed by atoms with Crippen LogP contribution in [0.3, 0.4) is 0 Å². The van der Waals surface area contributed by atoms with Gasteiger partial charge in [-0.2, -0.15) is 0 Å². The molecule has 0 bridgehead atoms. The molecule has 2 N–H and O–H groups in total. The number of aromatic amines is 1. The molecular weight excluding hydrogens is 250 g/mol. The zero-order chi connectivity index (χ0) is 13.4. The highest BCUT2D eigenvalue weighted by molar-refractivity contribution is 5.87. The molecule has 0 radical (unpaired) electrons. The lowest BCUT2D eigenvalue weighted by atomic mass is 10.2. The van der Waals surface area contributed by atoms with Crippen LogP contribution in [0.5, 0.6) is 0 Å². The first-order valence-electron chi connectivity index (χ1n) is 6.88. The molecule has 1 aliphatic carbocycles. The minimum Gasteiger partial charge on any atom is -0.365 e. The van der Waals surface area contributed by atoms with Crippen LogP contribution < -0.4 is 5.32 Å². The van der Waals surface area contributed by atoms with E-state index in [4.69, 9.17) is 4.98 Å². The predicted octanol–water partition coefficient (Wildman–Crippen LogP) is 2.84. The summed E-state index contributed by atoms with van der Waals surface area (Å²) in [5, 5.41) is 4.46. The summed E-state index contributed by atoms with van der Waals surface area (Å²) in [4.78, 5) is 16.5. The molecule has 3 heterocycles. The van der Waals surface area contributed by atoms with Gasteiger partial charge in [-0.15, -0.1) is 0 Å². The first-order valence-corrected chi connectivity index (χ1v) is 6.88. The summed E-state index contributed by atoms with van der Waals surface area (Å²) in [5.41, 5.74) is 2.11. The van der Waals surface area contributed by atoms with Gasteiger partial charge >= 0.3 is 0 Å². The minimum absolute atomic E-state index is 0.546. The van der Waals surface area contributed by atoms with Crippen molar-refractivity contribution in [3.63, 3.8) is 0 Å². The molecule has 1 aliphatic rings. The van der Waals surface area contributed by atoms with Crippen LogP contribution in [0, 0.1) is 0 Å². The van der Waals surface area contributed by atoms with Gasteiger partial charge in [0.2, 0.25) is 0 Å². The first-order chi connectivity index (χ1) is 9.90. The number of anilines is 1. The van der Waals surface area contributed by atoms with Crippen molar-refractivity contribution in [1.29, 1.82) is 0 Å². The lowest BCUT2D eigenvalue weighted by Crippen LogP contribution is -2.04. The number of aromatic nitrogens is 4. The van der Waals surface area contributed by atoms with E-state index in [1.807, 2.05) is 24.4 Å². The summed E-state index contributed by atoms with van der Waals surface area (Å²) in [6.07, 6.45) is 7.93. The Bertz CT molecular complexity index is 730. The van der Waals surface area contributed by atoms with Gasteiger partial charge in [0.25, 0.3) is 0 Å². The topological polar surface area (TPSA) is 66.5 Å². The van der Waals surface area contributed by atoms with Crippen molar-refractivity contribution in [2.45, 2.75) is 25.3 Å². The Kier molecular flexibility index (Phi) is 2.62. The van der Waals surface area contributed by atoms with Crippen LogP contribution in [0.15, 0.2) is 36.8 Å². The Balaban J connectivity index is 1.65. The van der Waals surface area contributed by atoms with Crippen molar-refractivity contribution in [3.05, 3.63) is 48.2 Å². The second-order valence-corrected chi connectivity index (χ2v) is 5.15. The summed E-state index contributed by atoms with van der Waals surface area (Å²) >= 11 is 0. The highest BCUT2D eigenvalue weighted by Crippen LogP contribution is 2.39. The summed E-state index contributed by atoms with van der Waals surface area (Å²) in [7, 11) is 0. The van der Waals surface area contributed by atoms with E-state index in [2.05, 4.69) is 20.3 Å². The maximum absolute atomic E-state index is 4.69. The smallest absolute Gasteiger partial charge is 0.143 e. The lowest BCUT2D eigenvalue weighted by Gasteiger charge is -2.08. The Morgan fingerprint density at radius 1 is 1.15 bits per heavy atom. The molecule has 3 aromatic heterocycles. The Morgan fingerprint density at radius 3 is 2.80 bits per heavy atom. The maximum atomic E-state index is 4.69. The number of rotatable bonds is 4. The van der Waals surface area contributed by atoms with Crippen molar-refractivity contribution in [1.82, 2.24) is 19.9 Å². The molecule has 0 spiro atoms. The minimum atomic E-state index is 0.546. The molecule has 0 unspecified atom stereocenters. The second kappa shape index (κ2) is 4.59. The standard InChI is InChI=1S/C15H15N5/c1-2-11(1)13-19-14-12(5-8-17-14)15(20-13)18-9-10-3-6-16-7-4-10/h3-8,11H,1-2,9H2,(H2,17,18,19,20). The van der Waals surface area contributed by atoms with E-state index in [0.29, 0.717) is 5.92 Å². The monoisotopic (exact) mass is 265 g/mol. The number of nitrogens with one attached hydrogen (secondary N) is 2. The van der Waals surface area contributed by atoms with E-state index in [1.165, 1.54) is 18.4 Å². The summed E-state index contributed by atoms with van der Waals surface area (Å²) in [6, 6.07) is 6.02. The number of fused-ring (bicyclic) bond motifs is 1. The largest absolute Gasteiger partial charge is 0.365 e. The van der Waals surface area contributed by atoms with E-state index < -0.39 is 0 Å². The van der Waals surface area contributed by atoms with E-state index in [1.54, 1.807) is 12.4 Å². The molecule has 1 saturated carbocycles. The zero-order valence-electron chi connectivity index (χ0n) is 11.0. The van der Waals surface area contributed by atoms with Gasteiger partial charge in [-0.3, -0.25) is 4.98 Å². The molecule has 0 amide bonds. The van der Waals surface area contributed by atoms with Gasteiger partial charge in [0.05, 0.1) is 5.39 Å². The lowest BCUT2D eigenvalue weighted by molar-refractivity contribution is 0.937. The fraction of sp³-hybridized carbons (Fsp3) is 0.267. The van der Waals surface area contributed by atoms with Gasteiger partial charge in [-0.1, -0.05) is 0 Å². The second-order valence-electron chi connectivity index (χ2n) is 5.15. The van der Waals surface area contributed by atoms with Crippen LogP contribution >= 0.6 is 0 Å². The maximum Gasteiger partial charge on any atom is 0.143 e. The van der Waals surface area contributed by atoms with Gasteiger partial charge in [0, 0.05) is 31.1 Å². The molecule has 1 fully saturated rings. The highest BCUT2D eigenvalue weighted by atomic mass is 15.1. The van der Waals surface area contributed by atoms with Crippen LogP contribution in [-0.2, 0) is 6.54 Å². The van der Waals surface area contributed by atoms with Gasteiger partial charge < -0.3 is 10.3 Å². The first kappa shape index (κ1) is 11.4. The molecule has 0 atom stereocenters. The molecule has 4 rings (SSSR count). The molecule has 0 aliphatic heterocycles. The Morgan fingerprint density at radius 2 is 2.00 bits per heavy atom. The predicted molar refractivity (Wildman–Crippen MR) is 77.4 cm³/mol. The molecule has 20 heavy (non-hydrogen) atoms. The molecule has 3 aromatic rings. The number of pyridine rings is 1. The van der Waals surface area contributed by atoms with Crippen molar-refractivity contribution >= 4 is 16.9 Å². The van der Waals surface area contributed by atoms with Crippen LogP contribution in [0.1, 0.15) is 30.1 Å². The SMILES string of the molecule is c1cc(CNc2nc(C3CC3)nc3[nH]ccc23)ccn1. The number of nitrogens with zero attached hydrogens (tertiary/aromatic N) is 3. The average molecular weight is 265 g/mol. The molecule has 100 valence electrons. The van der Waals surface area contributed by atoms with E-state index in [0.717, 1.165) is 29.2 Å². The van der Waals surface area contributed by atoms with Crippen molar-refractivity contribution in [2.24, 2.45) is 0 Å². The van der Waals surface area contributed by atoms with Crippen LogP contribution in [0.4, 0.5) is 5.82 Å². The summed E-state index contributed by atoms with van der Waals surface area (Å²) in [6.45, 7) is 0.740. The van der Waals surface area contributed by atoms with Crippen molar-refractivity contribution < 1.29 is 0 Å². The van der Waals surface area contributed by atoms with E-state index >= 15 is 0 Å². The van der Waals surface area contributed by atoms with Crippen LogP contribution in [0.25, 0.3) is 11.0 Å².